The number of hydrogen-bond donors (Lipinski definition) is 1. The Bertz CT molecular complexity index is 1110. The summed E-state index contributed by atoms with van der Waals surface area (Å²) in [4.78, 5) is 21.2. The largest absolute Gasteiger partial charge is 0.493 e. The van der Waals surface area contributed by atoms with Gasteiger partial charge in [-0.3, -0.25) is 4.79 Å². The highest BCUT2D eigenvalue weighted by molar-refractivity contribution is 5.95. The fraction of sp³-hybridized carbons (Fsp3) is 0.391. The SMILES string of the molecule is COc1cc([C@@H]2CC(=O)Nc3c2c(C)nn3-c2ncccn2)ccc1OC1CCCC1. The number of hydrogen-bond acceptors (Lipinski definition) is 6. The van der Waals surface area contributed by atoms with E-state index in [1.54, 1.807) is 30.3 Å². The molecule has 8 nitrogen and oxygen atoms in total. The van der Waals surface area contributed by atoms with Crippen molar-refractivity contribution in [2.45, 2.75) is 51.0 Å². The predicted octanol–water partition coefficient (Wildman–Crippen LogP) is 3.77. The molecule has 0 radical (unpaired) electrons. The summed E-state index contributed by atoms with van der Waals surface area (Å²) in [5, 5.41) is 7.58. The molecule has 1 fully saturated rings. The first-order chi connectivity index (χ1) is 15.1. The minimum absolute atomic E-state index is 0.0696. The lowest BCUT2D eigenvalue weighted by molar-refractivity contribution is -0.116. The van der Waals surface area contributed by atoms with Crippen LogP contribution in [0.3, 0.4) is 0 Å². The minimum atomic E-state index is -0.143. The van der Waals surface area contributed by atoms with Crippen molar-refractivity contribution in [3.63, 3.8) is 0 Å². The molecule has 1 aromatic carbocycles. The molecule has 1 aliphatic carbocycles. The Hall–Kier alpha value is -3.42. The van der Waals surface area contributed by atoms with Gasteiger partial charge >= 0.3 is 0 Å². The first-order valence-corrected chi connectivity index (χ1v) is 10.7. The van der Waals surface area contributed by atoms with E-state index in [4.69, 9.17) is 9.47 Å². The summed E-state index contributed by atoms with van der Waals surface area (Å²) in [5.41, 5.74) is 2.79. The Kier molecular flexibility index (Phi) is 5.05. The predicted molar refractivity (Wildman–Crippen MR) is 115 cm³/mol. The molecule has 1 amide bonds. The van der Waals surface area contributed by atoms with Crippen molar-refractivity contribution in [1.29, 1.82) is 0 Å². The van der Waals surface area contributed by atoms with E-state index in [-0.39, 0.29) is 17.9 Å². The minimum Gasteiger partial charge on any atom is -0.493 e. The van der Waals surface area contributed by atoms with Gasteiger partial charge in [-0.15, -0.1) is 0 Å². The average Bonchev–Trinajstić information content (AvgIpc) is 3.42. The molecule has 3 heterocycles. The number of anilines is 1. The molecule has 2 aliphatic rings. The monoisotopic (exact) mass is 419 g/mol. The van der Waals surface area contributed by atoms with Crippen LogP contribution < -0.4 is 14.8 Å². The highest BCUT2D eigenvalue weighted by Crippen LogP contribution is 2.42. The number of carbonyl (C=O) groups excluding carboxylic acids is 1. The van der Waals surface area contributed by atoms with Gasteiger partial charge in [0.1, 0.15) is 5.82 Å². The first kappa shape index (κ1) is 19.5. The number of benzene rings is 1. The van der Waals surface area contributed by atoms with Gasteiger partial charge in [0.2, 0.25) is 5.91 Å². The Labute approximate surface area is 180 Å². The van der Waals surface area contributed by atoms with E-state index >= 15 is 0 Å². The van der Waals surface area contributed by atoms with E-state index < -0.39 is 0 Å². The van der Waals surface area contributed by atoms with Gasteiger partial charge in [-0.2, -0.15) is 9.78 Å². The smallest absolute Gasteiger partial charge is 0.252 e. The summed E-state index contributed by atoms with van der Waals surface area (Å²) in [6, 6.07) is 7.71. The second-order valence-corrected chi connectivity index (χ2v) is 8.05. The molecule has 0 saturated heterocycles. The topological polar surface area (TPSA) is 91.2 Å². The Morgan fingerprint density at radius 1 is 1.13 bits per heavy atom. The maximum Gasteiger partial charge on any atom is 0.252 e. The lowest BCUT2D eigenvalue weighted by Gasteiger charge is -2.25. The van der Waals surface area contributed by atoms with Crippen LogP contribution in [-0.2, 0) is 4.79 Å². The Morgan fingerprint density at radius 3 is 2.65 bits per heavy atom. The van der Waals surface area contributed by atoms with Gasteiger partial charge in [-0.1, -0.05) is 6.07 Å². The van der Waals surface area contributed by atoms with Crippen molar-refractivity contribution in [2.75, 3.05) is 12.4 Å². The van der Waals surface area contributed by atoms with Crippen LogP contribution in [0.1, 0.15) is 54.8 Å². The highest BCUT2D eigenvalue weighted by atomic mass is 16.5. The number of aromatic nitrogens is 4. The van der Waals surface area contributed by atoms with Crippen LogP contribution in [0.2, 0.25) is 0 Å². The van der Waals surface area contributed by atoms with E-state index in [0.29, 0.717) is 23.9 Å². The number of carbonyl (C=O) groups is 1. The maximum atomic E-state index is 12.6. The zero-order valence-corrected chi connectivity index (χ0v) is 17.7. The number of aryl methyl sites for hydroxylation is 1. The number of ether oxygens (including phenoxy) is 2. The Balaban J connectivity index is 1.53. The van der Waals surface area contributed by atoms with Crippen LogP contribution in [0.5, 0.6) is 11.5 Å². The van der Waals surface area contributed by atoms with Crippen molar-refractivity contribution in [2.24, 2.45) is 0 Å². The second kappa shape index (κ2) is 8.02. The summed E-state index contributed by atoms with van der Waals surface area (Å²) in [5.74, 6) is 2.27. The van der Waals surface area contributed by atoms with Gasteiger partial charge in [-0.05, 0) is 56.4 Å². The maximum absolute atomic E-state index is 12.6. The summed E-state index contributed by atoms with van der Waals surface area (Å²) in [6.07, 6.45) is 8.47. The van der Waals surface area contributed by atoms with Gasteiger partial charge in [0, 0.05) is 30.3 Å². The van der Waals surface area contributed by atoms with Gasteiger partial charge in [0.25, 0.3) is 5.95 Å². The van der Waals surface area contributed by atoms with Gasteiger partial charge < -0.3 is 14.8 Å². The van der Waals surface area contributed by atoms with Crippen LogP contribution in [0, 0.1) is 6.92 Å². The molecule has 5 rings (SSSR count). The highest BCUT2D eigenvalue weighted by Gasteiger charge is 2.33. The average molecular weight is 419 g/mol. The number of nitrogens with zero attached hydrogens (tertiary/aromatic N) is 4. The van der Waals surface area contributed by atoms with Crippen LogP contribution in [-0.4, -0.2) is 38.9 Å². The van der Waals surface area contributed by atoms with Crippen molar-refractivity contribution >= 4 is 11.7 Å². The lowest BCUT2D eigenvalue weighted by Crippen LogP contribution is -2.25. The molecule has 1 atom stereocenters. The third-order valence-corrected chi connectivity index (χ3v) is 6.03. The number of nitrogens with one attached hydrogen (secondary N) is 1. The van der Waals surface area contributed by atoms with Crippen LogP contribution >= 0.6 is 0 Å². The number of fused-ring (bicyclic) bond motifs is 1. The van der Waals surface area contributed by atoms with Crippen molar-refractivity contribution < 1.29 is 14.3 Å². The van der Waals surface area contributed by atoms with Crippen LogP contribution in [0.15, 0.2) is 36.7 Å². The van der Waals surface area contributed by atoms with Crippen molar-refractivity contribution in [3.8, 4) is 17.4 Å². The summed E-state index contributed by atoms with van der Waals surface area (Å²) < 4.78 is 13.4. The molecule has 1 N–H and O–H groups in total. The van der Waals surface area contributed by atoms with Crippen molar-refractivity contribution in [3.05, 3.63) is 53.5 Å². The van der Waals surface area contributed by atoms with E-state index in [0.717, 1.165) is 35.4 Å². The lowest BCUT2D eigenvalue weighted by atomic mass is 9.85. The van der Waals surface area contributed by atoms with E-state index in [9.17, 15) is 4.79 Å². The molecule has 31 heavy (non-hydrogen) atoms. The molecule has 2 aromatic heterocycles. The summed E-state index contributed by atoms with van der Waals surface area (Å²) in [6.45, 7) is 1.94. The third kappa shape index (κ3) is 3.62. The molecule has 3 aromatic rings. The third-order valence-electron chi connectivity index (χ3n) is 6.03. The first-order valence-electron chi connectivity index (χ1n) is 10.7. The molecule has 1 saturated carbocycles. The Morgan fingerprint density at radius 2 is 1.90 bits per heavy atom. The molecule has 160 valence electrons. The number of methoxy groups -OCH3 is 1. The summed E-state index contributed by atoms with van der Waals surface area (Å²) >= 11 is 0. The molecular formula is C23H25N5O3. The standard InChI is InChI=1S/C23H25N5O3/c1-14-21-17(13-20(29)26-22(21)28(27-14)23-24-10-5-11-25-23)15-8-9-18(19(12-15)30-2)31-16-6-3-4-7-16/h5,8-12,16-17H,3-4,6-7,13H2,1-2H3,(H,26,29)/t17-/m0/s1. The molecule has 8 heteroatoms. The quantitative estimate of drug-likeness (QED) is 0.677. The fourth-order valence-corrected chi connectivity index (χ4v) is 4.56. The fourth-order valence-electron chi connectivity index (χ4n) is 4.56. The molecule has 0 spiro atoms. The summed E-state index contributed by atoms with van der Waals surface area (Å²) in [7, 11) is 1.65. The van der Waals surface area contributed by atoms with E-state index in [2.05, 4.69) is 20.4 Å². The normalized spacial score (nSPS) is 18.5. The molecule has 0 unspecified atom stereocenters. The zero-order valence-electron chi connectivity index (χ0n) is 17.7. The second-order valence-electron chi connectivity index (χ2n) is 8.05. The number of amides is 1. The van der Waals surface area contributed by atoms with Gasteiger partial charge in [-0.25, -0.2) is 9.97 Å². The van der Waals surface area contributed by atoms with E-state index in [1.807, 2.05) is 25.1 Å². The van der Waals surface area contributed by atoms with Gasteiger partial charge in [0.05, 0.1) is 18.9 Å². The van der Waals surface area contributed by atoms with Crippen molar-refractivity contribution in [1.82, 2.24) is 19.7 Å². The zero-order chi connectivity index (χ0) is 21.4. The molecule has 0 bridgehead atoms. The number of rotatable bonds is 5. The van der Waals surface area contributed by atoms with Crippen LogP contribution in [0.25, 0.3) is 5.95 Å². The molecule has 1 aliphatic heterocycles. The van der Waals surface area contributed by atoms with Gasteiger partial charge in [0.15, 0.2) is 11.5 Å². The molecular weight excluding hydrogens is 394 g/mol. The van der Waals surface area contributed by atoms with Crippen LogP contribution in [0.4, 0.5) is 5.82 Å². The van der Waals surface area contributed by atoms with E-state index in [1.165, 1.54) is 12.8 Å².